The quantitative estimate of drug-likeness (QED) is 0.642. The lowest BCUT2D eigenvalue weighted by Gasteiger charge is -2.25. The van der Waals surface area contributed by atoms with Crippen LogP contribution in [0, 0.1) is 17.0 Å². The van der Waals surface area contributed by atoms with E-state index in [0.717, 1.165) is 5.56 Å². The summed E-state index contributed by atoms with van der Waals surface area (Å²) in [6, 6.07) is 7.85. The Morgan fingerprint density at radius 1 is 1.36 bits per heavy atom. The van der Waals surface area contributed by atoms with E-state index < -0.39 is 4.92 Å². The molecular formula is C16H17N3O3. The normalized spacial score (nSPS) is 11.8. The van der Waals surface area contributed by atoms with E-state index in [2.05, 4.69) is 4.98 Å². The Balaban J connectivity index is 2.26. The first-order chi connectivity index (χ1) is 10.4. The minimum Gasteiger partial charge on any atom is -0.335 e. The first-order valence-electron chi connectivity index (χ1n) is 6.84. The summed E-state index contributed by atoms with van der Waals surface area (Å²) in [6.45, 7) is 3.61. The lowest BCUT2D eigenvalue weighted by Crippen LogP contribution is -2.30. The lowest BCUT2D eigenvalue weighted by atomic mass is 10.0. The predicted octanol–water partition coefficient (Wildman–Crippen LogP) is 3.13. The van der Waals surface area contributed by atoms with Gasteiger partial charge in [-0.2, -0.15) is 0 Å². The molecule has 6 heteroatoms. The van der Waals surface area contributed by atoms with Crippen molar-refractivity contribution in [3.63, 3.8) is 0 Å². The molecule has 1 heterocycles. The highest BCUT2D eigenvalue weighted by Gasteiger charge is 2.21. The molecule has 6 nitrogen and oxygen atoms in total. The van der Waals surface area contributed by atoms with Crippen molar-refractivity contribution in [1.82, 2.24) is 9.88 Å². The van der Waals surface area contributed by atoms with Crippen molar-refractivity contribution in [2.24, 2.45) is 0 Å². The number of nitro benzene ring substituents is 1. The number of aryl methyl sites for hydroxylation is 1. The standard InChI is InChI=1S/C16H17N3O3/c1-11-9-14(19(21)22)6-7-15(11)16(20)18(3)12(2)13-5-4-8-17-10-13/h4-10,12H,1-3H3. The fourth-order valence-electron chi connectivity index (χ4n) is 2.21. The van der Waals surface area contributed by atoms with Gasteiger partial charge >= 0.3 is 0 Å². The van der Waals surface area contributed by atoms with Crippen molar-refractivity contribution in [2.75, 3.05) is 7.05 Å². The number of rotatable bonds is 4. The molecule has 0 N–H and O–H groups in total. The van der Waals surface area contributed by atoms with Crippen LogP contribution in [0.2, 0.25) is 0 Å². The van der Waals surface area contributed by atoms with Crippen LogP contribution in [0.1, 0.15) is 34.5 Å². The average molecular weight is 299 g/mol. The molecule has 114 valence electrons. The van der Waals surface area contributed by atoms with Crippen LogP contribution in [-0.4, -0.2) is 27.8 Å². The number of amides is 1. The minimum absolute atomic E-state index is 0.0167. The summed E-state index contributed by atoms with van der Waals surface area (Å²) in [5, 5.41) is 10.8. The molecule has 0 bridgehead atoms. The van der Waals surface area contributed by atoms with Gasteiger partial charge in [0, 0.05) is 37.1 Å². The summed E-state index contributed by atoms with van der Waals surface area (Å²) in [4.78, 5) is 28.6. The summed E-state index contributed by atoms with van der Waals surface area (Å²) in [7, 11) is 1.71. The maximum atomic E-state index is 12.6. The van der Waals surface area contributed by atoms with Gasteiger partial charge < -0.3 is 4.90 Å². The molecule has 0 saturated carbocycles. The second kappa shape index (κ2) is 6.34. The molecular weight excluding hydrogens is 282 g/mol. The van der Waals surface area contributed by atoms with Crippen molar-refractivity contribution >= 4 is 11.6 Å². The third-order valence-electron chi connectivity index (χ3n) is 3.72. The molecule has 0 fully saturated rings. The number of aromatic nitrogens is 1. The molecule has 1 aromatic heterocycles. The number of carbonyl (C=O) groups excluding carboxylic acids is 1. The Labute approximate surface area is 128 Å². The third kappa shape index (κ3) is 3.11. The van der Waals surface area contributed by atoms with Gasteiger partial charge in [0.1, 0.15) is 0 Å². The summed E-state index contributed by atoms with van der Waals surface area (Å²) < 4.78 is 0. The van der Waals surface area contributed by atoms with Crippen molar-refractivity contribution in [1.29, 1.82) is 0 Å². The molecule has 0 aliphatic heterocycles. The second-order valence-corrected chi connectivity index (χ2v) is 5.13. The molecule has 0 aliphatic carbocycles. The third-order valence-corrected chi connectivity index (χ3v) is 3.72. The molecule has 2 aromatic rings. The Hall–Kier alpha value is -2.76. The van der Waals surface area contributed by atoms with E-state index in [1.165, 1.54) is 18.2 Å². The highest BCUT2D eigenvalue weighted by atomic mass is 16.6. The molecule has 22 heavy (non-hydrogen) atoms. The lowest BCUT2D eigenvalue weighted by molar-refractivity contribution is -0.384. The number of nitro groups is 1. The summed E-state index contributed by atoms with van der Waals surface area (Å²) >= 11 is 0. The Morgan fingerprint density at radius 2 is 2.09 bits per heavy atom. The fourth-order valence-corrected chi connectivity index (χ4v) is 2.21. The summed E-state index contributed by atoms with van der Waals surface area (Å²) in [5.41, 5.74) is 1.96. The maximum Gasteiger partial charge on any atom is 0.269 e. The predicted molar refractivity (Wildman–Crippen MR) is 82.6 cm³/mol. The molecule has 1 aromatic carbocycles. The van der Waals surface area contributed by atoms with E-state index in [1.54, 1.807) is 31.3 Å². The molecule has 1 amide bonds. The van der Waals surface area contributed by atoms with Crippen molar-refractivity contribution in [3.8, 4) is 0 Å². The van der Waals surface area contributed by atoms with Gasteiger partial charge in [-0.25, -0.2) is 0 Å². The Morgan fingerprint density at radius 3 is 2.64 bits per heavy atom. The highest BCUT2D eigenvalue weighted by Crippen LogP contribution is 2.23. The molecule has 0 spiro atoms. The largest absolute Gasteiger partial charge is 0.335 e. The Bertz CT molecular complexity index is 701. The van der Waals surface area contributed by atoms with Gasteiger partial charge in [0.15, 0.2) is 0 Å². The highest BCUT2D eigenvalue weighted by molar-refractivity contribution is 5.96. The molecule has 2 rings (SSSR count). The van der Waals surface area contributed by atoms with Crippen LogP contribution in [0.3, 0.4) is 0 Å². The summed E-state index contributed by atoms with van der Waals surface area (Å²) in [6.07, 6.45) is 3.40. The zero-order valence-electron chi connectivity index (χ0n) is 12.7. The number of pyridine rings is 1. The van der Waals surface area contributed by atoms with E-state index in [4.69, 9.17) is 0 Å². The summed E-state index contributed by atoms with van der Waals surface area (Å²) in [5.74, 6) is -0.177. The minimum atomic E-state index is -0.469. The monoisotopic (exact) mass is 299 g/mol. The Kier molecular flexibility index (Phi) is 4.50. The van der Waals surface area contributed by atoms with Gasteiger partial charge in [-0.1, -0.05) is 6.07 Å². The van der Waals surface area contributed by atoms with Gasteiger partial charge in [-0.3, -0.25) is 19.9 Å². The first-order valence-corrected chi connectivity index (χ1v) is 6.84. The van der Waals surface area contributed by atoms with Gasteiger partial charge in [0.05, 0.1) is 11.0 Å². The molecule has 0 aliphatic rings. The number of non-ortho nitro benzene ring substituents is 1. The van der Waals surface area contributed by atoms with E-state index in [0.29, 0.717) is 11.1 Å². The second-order valence-electron chi connectivity index (χ2n) is 5.13. The van der Waals surface area contributed by atoms with Crippen molar-refractivity contribution in [3.05, 3.63) is 69.5 Å². The smallest absolute Gasteiger partial charge is 0.269 e. The van der Waals surface area contributed by atoms with E-state index in [-0.39, 0.29) is 17.6 Å². The maximum absolute atomic E-state index is 12.6. The SMILES string of the molecule is Cc1cc([N+](=O)[O-])ccc1C(=O)N(C)C(C)c1cccnc1. The number of benzene rings is 1. The van der Waals surface area contributed by atoms with Crippen molar-refractivity contribution in [2.45, 2.75) is 19.9 Å². The topological polar surface area (TPSA) is 76.3 Å². The number of nitrogens with zero attached hydrogens (tertiary/aromatic N) is 3. The number of hydrogen-bond donors (Lipinski definition) is 0. The van der Waals surface area contributed by atoms with E-state index in [9.17, 15) is 14.9 Å². The van der Waals surface area contributed by atoms with E-state index >= 15 is 0 Å². The molecule has 1 unspecified atom stereocenters. The van der Waals surface area contributed by atoms with Crippen LogP contribution in [0.25, 0.3) is 0 Å². The number of hydrogen-bond acceptors (Lipinski definition) is 4. The fraction of sp³-hybridized carbons (Fsp3) is 0.250. The van der Waals surface area contributed by atoms with Gasteiger partial charge in [0.25, 0.3) is 11.6 Å². The van der Waals surface area contributed by atoms with Crippen LogP contribution < -0.4 is 0 Å². The van der Waals surface area contributed by atoms with Crippen molar-refractivity contribution < 1.29 is 9.72 Å². The van der Waals surface area contributed by atoms with Crippen LogP contribution in [0.4, 0.5) is 5.69 Å². The number of carbonyl (C=O) groups is 1. The first kappa shape index (κ1) is 15.6. The van der Waals surface area contributed by atoms with Gasteiger partial charge in [0.2, 0.25) is 0 Å². The van der Waals surface area contributed by atoms with Crippen LogP contribution in [-0.2, 0) is 0 Å². The van der Waals surface area contributed by atoms with E-state index in [1.807, 2.05) is 19.1 Å². The average Bonchev–Trinajstić information content (AvgIpc) is 2.53. The molecule has 0 radical (unpaired) electrons. The molecule has 0 saturated heterocycles. The zero-order valence-corrected chi connectivity index (χ0v) is 12.7. The van der Waals surface area contributed by atoms with Crippen LogP contribution in [0.5, 0.6) is 0 Å². The van der Waals surface area contributed by atoms with Gasteiger partial charge in [-0.15, -0.1) is 0 Å². The molecule has 1 atom stereocenters. The zero-order chi connectivity index (χ0) is 16.3. The van der Waals surface area contributed by atoms with Crippen LogP contribution in [0.15, 0.2) is 42.7 Å². The van der Waals surface area contributed by atoms with Crippen LogP contribution >= 0.6 is 0 Å². The van der Waals surface area contributed by atoms with Gasteiger partial charge in [-0.05, 0) is 37.1 Å².